The van der Waals surface area contributed by atoms with Gasteiger partial charge in [0, 0.05) is 6.54 Å². The van der Waals surface area contributed by atoms with Crippen LogP contribution < -0.4 is 5.56 Å². The van der Waals surface area contributed by atoms with Crippen molar-refractivity contribution in [2.24, 2.45) is 0 Å². The van der Waals surface area contributed by atoms with E-state index >= 15 is 0 Å². The molecular weight excluding hydrogens is 395 g/mol. The van der Waals surface area contributed by atoms with Crippen LogP contribution in [0.15, 0.2) is 47.0 Å². The van der Waals surface area contributed by atoms with Crippen molar-refractivity contribution in [1.29, 1.82) is 0 Å². The summed E-state index contributed by atoms with van der Waals surface area (Å²) in [5.74, 6) is -0.305. The third-order valence-electron chi connectivity index (χ3n) is 5.90. The molecule has 31 heavy (non-hydrogen) atoms. The maximum atomic E-state index is 13.4. The summed E-state index contributed by atoms with van der Waals surface area (Å²) in [5.41, 5.74) is 4.66. The Morgan fingerprint density at radius 3 is 2.68 bits per heavy atom. The molecule has 5 rings (SSSR count). The number of allylic oxidation sites excluding steroid dienone is 2. The highest BCUT2D eigenvalue weighted by molar-refractivity contribution is 5.83. The summed E-state index contributed by atoms with van der Waals surface area (Å²) in [4.78, 5) is 17.5. The number of nitrogens with zero attached hydrogens (tertiary/aromatic N) is 6. The SMILES string of the molecule is CCc1nn2c(nnc3c(=O)n(CCC4=CCCCC4)cnc32)c1-c1ccc(F)cc1. The summed E-state index contributed by atoms with van der Waals surface area (Å²) < 4.78 is 16.6. The van der Waals surface area contributed by atoms with E-state index in [0.717, 1.165) is 36.1 Å². The van der Waals surface area contributed by atoms with Gasteiger partial charge in [0.2, 0.25) is 0 Å². The maximum absolute atomic E-state index is 13.4. The van der Waals surface area contributed by atoms with Gasteiger partial charge in [-0.2, -0.15) is 9.61 Å². The number of hydrogen-bond donors (Lipinski definition) is 0. The van der Waals surface area contributed by atoms with E-state index in [1.165, 1.54) is 30.5 Å². The minimum Gasteiger partial charge on any atom is -0.297 e. The zero-order valence-electron chi connectivity index (χ0n) is 17.4. The highest BCUT2D eigenvalue weighted by Gasteiger charge is 2.19. The summed E-state index contributed by atoms with van der Waals surface area (Å²) >= 11 is 0. The van der Waals surface area contributed by atoms with Crippen LogP contribution in [0.4, 0.5) is 4.39 Å². The number of hydrogen-bond acceptors (Lipinski definition) is 5. The van der Waals surface area contributed by atoms with Crippen molar-refractivity contribution in [3.05, 3.63) is 64.1 Å². The van der Waals surface area contributed by atoms with E-state index in [1.807, 2.05) is 6.92 Å². The molecule has 0 atom stereocenters. The van der Waals surface area contributed by atoms with Crippen LogP contribution in [0.2, 0.25) is 0 Å². The van der Waals surface area contributed by atoms with Gasteiger partial charge in [0.25, 0.3) is 5.56 Å². The molecule has 0 unspecified atom stereocenters. The second-order valence-corrected chi connectivity index (χ2v) is 7.89. The standard InChI is InChI=1S/C23H23FN6O/c1-2-18-19(16-8-10-17(24)11-9-16)21-27-26-20-22(30(21)28-18)25-14-29(23(20)31)13-12-15-6-4-3-5-7-15/h6,8-11,14H,2-5,7,12-13H2,1H3. The fourth-order valence-corrected chi connectivity index (χ4v) is 4.22. The van der Waals surface area contributed by atoms with Gasteiger partial charge in [-0.15, -0.1) is 10.2 Å². The summed E-state index contributed by atoms with van der Waals surface area (Å²) in [5, 5.41) is 13.2. The third-order valence-corrected chi connectivity index (χ3v) is 5.90. The molecule has 8 heteroatoms. The minimum absolute atomic E-state index is 0.198. The van der Waals surface area contributed by atoms with Crippen LogP contribution in [0.3, 0.4) is 0 Å². The number of aryl methyl sites for hydroxylation is 2. The second-order valence-electron chi connectivity index (χ2n) is 7.89. The quantitative estimate of drug-likeness (QED) is 0.456. The van der Waals surface area contributed by atoms with Crippen LogP contribution in [0.5, 0.6) is 0 Å². The average Bonchev–Trinajstić information content (AvgIpc) is 3.19. The van der Waals surface area contributed by atoms with Crippen molar-refractivity contribution in [2.75, 3.05) is 0 Å². The molecule has 158 valence electrons. The molecule has 1 aliphatic rings. The van der Waals surface area contributed by atoms with Crippen molar-refractivity contribution < 1.29 is 4.39 Å². The molecular formula is C23H23FN6O. The number of fused-ring (bicyclic) bond motifs is 3. The number of rotatable bonds is 5. The fraction of sp³-hybridized carbons (Fsp3) is 0.348. The Bertz CT molecular complexity index is 1350. The minimum atomic E-state index is -0.305. The van der Waals surface area contributed by atoms with Gasteiger partial charge < -0.3 is 0 Å². The molecule has 0 saturated carbocycles. The van der Waals surface area contributed by atoms with E-state index in [1.54, 1.807) is 27.5 Å². The molecule has 3 heterocycles. The first-order valence-corrected chi connectivity index (χ1v) is 10.7. The lowest BCUT2D eigenvalue weighted by Gasteiger charge is -2.13. The van der Waals surface area contributed by atoms with Crippen LogP contribution in [-0.2, 0) is 13.0 Å². The molecule has 0 N–H and O–H groups in total. The van der Waals surface area contributed by atoms with E-state index in [9.17, 15) is 9.18 Å². The largest absolute Gasteiger partial charge is 0.297 e. The molecule has 0 saturated heterocycles. The van der Waals surface area contributed by atoms with Crippen LogP contribution >= 0.6 is 0 Å². The van der Waals surface area contributed by atoms with Gasteiger partial charge in [0.15, 0.2) is 16.8 Å². The van der Waals surface area contributed by atoms with E-state index in [0.29, 0.717) is 24.3 Å². The van der Waals surface area contributed by atoms with Crippen molar-refractivity contribution in [2.45, 2.75) is 52.0 Å². The second kappa shape index (κ2) is 8.02. The Morgan fingerprint density at radius 1 is 1.10 bits per heavy atom. The highest BCUT2D eigenvalue weighted by atomic mass is 19.1. The predicted octanol–water partition coefficient (Wildman–Crippen LogP) is 4.09. The first kappa shape index (κ1) is 19.5. The molecule has 0 fully saturated rings. The Morgan fingerprint density at radius 2 is 1.94 bits per heavy atom. The summed E-state index contributed by atoms with van der Waals surface area (Å²) in [7, 11) is 0. The molecule has 7 nitrogen and oxygen atoms in total. The summed E-state index contributed by atoms with van der Waals surface area (Å²) in [6.45, 7) is 2.57. The van der Waals surface area contributed by atoms with Gasteiger partial charge in [-0.05, 0) is 56.2 Å². The van der Waals surface area contributed by atoms with E-state index in [2.05, 4.69) is 26.4 Å². The van der Waals surface area contributed by atoms with E-state index < -0.39 is 0 Å². The van der Waals surface area contributed by atoms with E-state index in [4.69, 9.17) is 0 Å². The molecule has 0 aliphatic heterocycles. The normalized spacial score (nSPS) is 14.3. The lowest BCUT2D eigenvalue weighted by Crippen LogP contribution is -2.23. The maximum Gasteiger partial charge on any atom is 0.283 e. The molecule has 0 spiro atoms. The van der Waals surface area contributed by atoms with Crippen LogP contribution in [0.1, 0.15) is 44.7 Å². The van der Waals surface area contributed by atoms with Crippen LogP contribution in [0.25, 0.3) is 27.9 Å². The van der Waals surface area contributed by atoms with Crippen molar-refractivity contribution in [3.8, 4) is 11.1 Å². The number of halogens is 1. The fourth-order valence-electron chi connectivity index (χ4n) is 4.22. The third kappa shape index (κ3) is 3.52. The predicted molar refractivity (Wildman–Crippen MR) is 116 cm³/mol. The van der Waals surface area contributed by atoms with Crippen molar-refractivity contribution >= 4 is 16.8 Å². The van der Waals surface area contributed by atoms with Gasteiger partial charge in [0.1, 0.15) is 12.1 Å². The van der Waals surface area contributed by atoms with Crippen molar-refractivity contribution in [1.82, 2.24) is 29.4 Å². The monoisotopic (exact) mass is 418 g/mol. The zero-order valence-corrected chi connectivity index (χ0v) is 17.4. The van der Waals surface area contributed by atoms with E-state index in [-0.39, 0.29) is 16.9 Å². The van der Waals surface area contributed by atoms with Gasteiger partial charge in [-0.1, -0.05) is 30.7 Å². The number of aromatic nitrogens is 6. The smallest absolute Gasteiger partial charge is 0.283 e. The molecule has 0 bridgehead atoms. The Balaban J connectivity index is 1.59. The summed E-state index contributed by atoms with van der Waals surface area (Å²) in [6, 6.07) is 6.21. The Labute approximate surface area is 178 Å². The van der Waals surface area contributed by atoms with Gasteiger partial charge in [0.05, 0.1) is 11.3 Å². The Hall–Kier alpha value is -3.42. The van der Waals surface area contributed by atoms with Gasteiger partial charge >= 0.3 is 0 Å². The van der Waals surface area contributed by atoms with Crippen molar-refractivity contribution in [3.63, 3.8) is 0 Å². The zero-order chi connectivity index (χ0) is 21.4. The molecule has 3 aromatic heterocycles. The molecule has 1 aromatic carbocycles. The van der Waals surface area contributed by atoms with Gasteiger partial charge in [-0.3, -0.25) is 9.36 Å². The first-order valence-electron chi connectivity index (χ1n) is 10.7. The molecule has 1 aliphatic carbocycles. The average molecular weight is 418 g/mol. The topological polar surface area (TPSA) is 78.0 Å². The first-order chi connectivity index (χ1) is 15.2. The summed E-state index contributed by atoms with van der Waals surface area (Å²) in [6.07, 6.45) is 10.1. The highest BCUT2D eigenvalue weighted by Crippen LogP contribution is 2.28. The molecule has 0 amide bonds. The van der Waals surface area contributed by atoms with Crippen LogP contribution in [-0.4, -0.2) is 29.4 Å². The lowest BCUT2D eigenvalue weighted by molar-refractivity contribution is 0.609. The number of benzene rings is 1. The molecule has 4 aromatic rings. The lowest BCUT2D eigenvalue weighted by atomic mass is 9.97. The molecule has 0 radical (unpaired) electrons. The Kier molecular flexibility index (Phi) is 5.05. The van der Waals surface area contributed by atoms with Gasteiger partial charge in [-0.25, -0.2) is 9.37 Å². The van der Waals surface area contributed by atoms with Crippen LogP contribution in [0, 0.1) is 5.82 Å².